The van der Waals surface area contributed by atoms with Gasteiger partial charge in [0.1, 0.15) is 5.60 Å². The number of esters is 1. The number of hydrogen-bond donors (Lipinski definition) is 3. The maximum Gasteiger partial charge on any atom is 0.310 e. The fraction of sp³-hybridized carbons (Fsp3) is 0.542. The first-order chi connectivity index (χ1) is 14.5. The summed E-state index contributed by atoms with van der Waals surface area (Å²) >= 11 is 0. The molecule has 1 rings (SSSR count). The molecule has 172 valence electrons. The average molecular weight is 432 g/mol. The summed E-state index contributed by atoms with van der Waals surface area (Å²) in [5, 5.41) is 0. The highest BCUT2D eigenvalue weighted by Crippen LogP contribution is 2.28. The summed E-state index contributed by atoms with van der Waals surface area (Å²) in [5.74, 6) is -2.40. The summed E-state index contributed by atoms with van der Waals surface area (Å²) in [6.45, 7) is 9.55. The van der Waals surface area contributed by atoms with Crippen LogP contribution in [0.25, 0.3) is 6.08 Å². The van der Waals surface area contributed by atoms with Crippen LogP contribution in [0.2, 0.25) is 0 Å². The minimum atomic E-state index is -0.687. The molecule has 0 unspecified atom stereocenters. The molecule has 0 saturated carbocycles. The van der Waals surface area contributed by atoms with Gasteiger partial charge in [-0.25, -0.2) is 0 Å². The summed E-state index contributed by atoms with van der Waals surface area (Å²) in [6.07, 6.45) is 4.72. The Hall–Kier alpha value is -2.67. The molecular weight excluding hydrogens is 394 g/mol. The third-order valence-corrected chi connectivity index (χ3v) is 4.45. The van der Waals surface area contributed by atoms with Crippen LogP contribution in [0.1, 0.15) is 59.4 Å². The Morgan fingerprint density at radius 3 is 2.26 bits per heavy atom. The van der Waals surface area contributed by atoms with Gasteiger partial charge in [-0.3, -0.25) is 25.2 Å². The summed E-state index contributed by atoms with van der Waals surface area (Å²) in [6, 6.07) is 9.73. The Morgan fingerprint density at radius 1 is 1.06 bits per heavy atom. The number of allylic oxidation sites excluding steroid dienone is 1. The molecule has 2 amide bonds. The zero-order chi connectivity index (χ0) is 23.4. The summed E-state index contributed by atoms with van der Waals surface area (Å²) < 4.78 is 5.62. The van der Waals surface area contributed by atoms with E-state index in [9.17, 15) is 14.4 Å². The van der Waals surface area contributed by atoms with Gasteiger partial charge in [0.2, 0.25) is 11.8 Å². The molecule has 0 aromatic heterocycles. The SMILES string of the molecule is CC(C)C[C@@H](C(=O)NNC(=O)CCN)[C@H](C/C=C/c1ccccc1)C(=O)OC(C)(C)C. The number of ether oxygens (including phenoxy) is 1. The lowest BCUT2D eigenvalue weighted by Crippen LogP contribution is -2.48. The van der Waals surface area contributed by atoms with E-state index >= 15 is 0 Å². The van der Waals surface area contributed by atoms with Crippen LogP contribution in [0.3, 0.4) is 0 Å². The molecule has 0 radical (unpaired) electrons. The van der Waals surface area contributed by atoms with Gasteiger partial charge in [-0.15, -0.1) is 0 Å². The Kier molecular flexibility index (Phi) is 11.0. The zero-order valence-corrected chi connectivity index (χ0v) is 19.3. The molecule has 0 aliphatic carbocycles. The first kappa shape index (κ1) is 26.4. The number of carbonyl (C=O) groups excluding carboxylic acids is 3. The van der Waals surface area contributed by atoms with E-state index in [1.165, 1.54) is 0 Å². The Morgan fingerprint density at radius 2 is 1.71 bits per heavy atom. The van der Waals surface area contributed by atoms with E-state index in [0.29, 0.717) is 12.8 Å². The first-order valence-electron chi connectivity index (χ1n) is 10.8. The fourth-order valence-electron chi connectivity index (χ4n) is 3.10. The molecule has 0 aliphatic heterocycles. The van der Waals surface area contributed by atoms with E-state index in [4.69, 9.17) is 10.5 Å². The van der Waals surface area contributed by atoms with Crippen LogP contribution >= 0.6 is 0 Å². The van der Waals surface area contributed by atoms with Crippen molar-refractivity contribution >= 4 is 23.9 Å². The monoisotopic (exact) mass is 431 g/mol. The molecule has 0 heterocycles. The van der Waals surface area contributed by atoms with Crippen molar-refractivity contribution in [2.45, 2.75) is 59.5 Å². The third-order valence-electron chi connectivity index (χ3n) is 4.45. The molecule has 1 aromatic carbocycles. The molecule has 0 spiro atoms. The Labute approximate surface area is 185 Å². The van der Waals surface area contributed by atoms with Crippen molar-refractivity contribution in [3.63, 3.8) is 0 Å². The number of nitrogens with one attached hydrogen (secondary N) is 2. The Bertz CT molecular complexity index is 739. The molecule has 7 heteroatoms. The molecule has 7 nitrogen and oxygen atoms in total. The maximum atomic E-state index is 13.0. The van der Waals surface area contributed by atoms with Crippen LogP contribution in [-0.4, -0.2) is 29.9 Å². The highest BCUT2D eigenvalue weighted by Gasteiger charge is 2.36. The zero-order valence-electron chi connectivity index (χ0n) is 19.3. The summed E-state index contributed by atoms with van der Waals surface area (Å²) in [5.41, 5.74) is 10.5. The van der Waals surface area contributed by atoms with Gasteiger partial charge in [-0.05, 0) is 45.1 Å². The van der Waals surface area contributed by atoms with Crippen molar-refractivity contribution < 1.29 is 19.1 Å². The van der Waals surface area contributed by atoms with Crippen molar-refractivity contribution in [3.05, 3.63) is 42.0 Å². The maximum absolute atomic E-state index is 13.0. The second-order valence-corrected chi connectivity index (χ2v) is 9.00. The topological polar surface area (TPSA) is 111 Å². The molecule has 0 fully saturated rings. The molecular formula is C24H37N3O4. The highest BCUT2D eigenvalue weighted by atomic mass is 16.6. The van der Waals surface area contributed by atoms with E-state index in [1.807, 2.05) is 56.3 Å². The van der Waals surface area contributed by atoms with Gasteiger partial charge >= 0.3 is 5.97 Å². The second-order valence-electron chi connectivity index (χ2n) is 9.00. The number of carbonyl (C=O) groups is 3. The minimum Gasteiger partial charge on any atom is -0.460 e. The van der Waals surface area contributed by atoms with Gasteiger partial charge in [-0.1, -0.05) is 56.3 Å². The van der Waals surface area contributed by atoms with Gasteiger partial charge in [0.25, 0.3) is 0 Å². The van der Waals surface area contributed by atoms with Gasteiger partial charge < -0.3 is 10.5 Å². The van der Waals surface area contributed by atoms with Crippen molar-refractivity contribution in [1.29, 1.82) is 0 Å². The number of nitrogens with two attached hydrogens (primary N) is 1. The molecule has 0 bridgehead atoms. The first-order valence-corrected chi connectivity index (χ1v) is 10.8. The van der Waals surface area contributed by atoms with Crippen molar-refractivity contribution in [3.8, 4) is 0 Å². The van der Waals surface area contributed by atoms with Crippen molar-refractivity contribution in [1.82, 2.24) is 10.9 Å². The number of benzene rings is 1. The number of hydrazine groups is 1. The molecule has 0 saturated heterocycles. The third kappa shape index (κ3) is 10.8. The van der Waals surface area contributed by atoms with Crippen LogP contribution in [0.5, 0.6) is 0 Å². The lowest BCUT2D eigenvalue weighted by Gasteiger charge is -2.29. The van der Waals surface area contributed by atoms with Gasteiger partial charge in [0.05, 0.1) is 11.8 Å². The largest absolute Gasteiger partial charge is 0.460 e. The van der Waals surface area contributed by atoms with Crippen molar-refractivity contribution in [2.75, 3.05) is 6.54 Å². The van der Waals surface area contributed by atoms with Crippen LogP contribution < -0.4 is 16.6 Å². The van der Waals surface area contributed by atoms with Gasteiger partial charge in [0.15, 0.2) is 0 Å². The molecule has 31 heavy (non-hydrogen) atoms. The predicted molar refractivity (Wildman–Crippen MR) is 122 cm³/mol. The highest BCUT2D eigenvalue weighted by molar-refractivity contribution is 5.87. The van der Waals surface area contributed by atoms with Crippen molar-refractivity contribution in [2.24, 2.45) is 23.5 Å². The number of amides is 2. The average Bonchev–Trinajstić information content (AvgIpc) is 2.67. The Balaban J connectivity index is 3.07. The lowest BCUT2D eigenvalue weighted by molar-refractivity contribution is -0.164. The van der Waals surface area contributed by atoms with E-state index in [-0.39, 0.29) is 24.8 Å². The second kappa shape index (κ2) is 12.9. The normalized spacial score (nSPS) is 13.6. The summed E-state index contributed by atoms with van der Waals surface area (Å²) in [4.78, 5) is 37.7. The van der Waals surface area contributed by atoms with E-state index in [1.54, 1.807) is 20.8 Å². The smallest absolute Gasteiger partial charge is 0.310 e. The van der Waals surface area contributed by atoms with Gasteiger partial charge in [-0.2, -0.15) is 0 Å². The molecule has 4 N–H and O–H groups in total. The standard InChI is InChI=1S/C24H37N3O4/c1-17(2)16-20(22(29)27-26-21(28)14-15-25)19(23(30)31-24(3,4)5)13-9-12-18-10-7-6-8-11-18/h6-12,17,19-20H,13-16,25H2,1-5H3,(H,26,28)(H,27,29)/b12-9+/t19-,20+/m0/s1. The van der Waals surface area contributed by atoms with Crippen LogP contribution in [0.4, 0.5) is 0 Å². The predicted octanol–water partition coefficient (Wildman–Crippen LogP) is 3.21. The van der Waals surface area contributed by atoms with Crippen LogP contribution in [-0.2, 0) is 19.1 Å². The minimum absolute atomic E-state index is 0.102. The summed E-state index contributed by atoms with van der Waals surface area (Å²) in [7, 11) is 0. The molecule has 2 atom stereocenters. The van der Waals surface area contributed by atoms with E-state index in [2.05, 4.69) is 10.9 Å². The van der Waals surface area contributed by atoms with Crippen LogP contribution in [0.15, 0.2) is 36.4 Å². The van der Waals surface area contributed by atoms with Crippen LogP contribution in [0, 0.1) is 17.8 Å². The quantitative estimate of drug-likeness (QED) is 0.389. The number of hydrogen-bond acceptors (Lipinski definition) is 5. The van der Waals surface area contributed by atoms with Gasteiger partial charge in [0, 0.05) is 13.0 Å². The molecule has 0 aliphatic rings. The van der Waals surface area contributed by atoms with E-state index < -0.39 is 29.3 Å². The van der Waals surface area contributed by atoms with E-state index in [0.717, 1.165) is 5.56 Å². The molecule has 1 aromatic rings. The number of rotatable bonds is 10. The fourth-order valence-corrected chi connectivity index (χ4v) is 3.10. The lowest BCUT2D eigenvalue weighted by atomic mass is 9.82.